The third-order valence-corrected chi connectivity index (χ3v) is 9.29. The highest BCUT2D eigenvalue weighted by atomic mass is 16.8. The zero-order valence-electron chi connectivity index (χ0n) is 27.7. The van der Waals surface area contributed by atoms with Crippen LogP contribution in [-0.4, -0.2) is 167 Å². The number of phenols is 2. The van der Waals surface area contributed by atoms with Gasteiger partial charge in [-0.25, -0.2) is 0 Å². The molecular formula is C33H40O20. The topological polar surface area (TPSA) is 328 Å². The fourth-order valence-electron chi connectivity index (χ4n) is 6.23. The van der Waals surface area contributed by atoms with Gasteiger partial charge >= 0.3 is 0 Å². The van der Waals surface area contributed by atoms with Crippen LogP contribution in [0.4, 0.5) is 0 Å². The highest BCUT2D eigenvalue weighted by Crippen LogP contribution is 2.39. The molecule has 3 aromatic rings. The molecule has 15 atom stereocenters. The molecule has 3 saturated heterocycles. The van der Waals surface area contributed by atoms with Gasteiger partial charge < -0.3 is 94.1 Å². The Morgan fingerprint density at radius 2 is 1.25 bits per heavy atom. The van der Waals surface area contributed by atoms with Crippen LogP contribution in [0.1, 0.15) is 6.92 Å². The van der Waals surface area contributed by atoms with Crippen molar-refractivity contribution in [1.29, 1.82) is 0 Å². The zero-order valence-corrected chi connectivity index (χ0v) is 27.7. The molecule has 0 bridgehead atoms. The first-order chi connectivity index (χ1) is 25.1. The Kier molecular flexibility index (Phi) is 11.5. The average molecular weight is 757 g/mol. The summed E-state index contributed by atoms with van der Waals surface area (Å²) >= 11 is 0. The number of aromatic hydroxyl groups is 2. The number of phenolic OH excluding ortho intramolecular Hbond substituents is 2. The Morgan fingerprint density at radius 3 is 1.85 bits per heavy atom. The van der Waals surface area contributed by atoms with Gasteiger partial charge in [-0.05, 0) is 31.2 Å². The molecule has 53 heavy (non-hydrogen) atoms. The first-order valence-corrected chi connectivity index (χ1v) is 16.4. The second kappa shape index (κ2) is 15.6. The number of ether oxygens (including phenoxy) is 6. The predicted molar refractivity (Wildman–Crippen MR) is 171 cm³/mol. The van der Waals surface area contributed by atoms with Gasteiger partial charge in [0.2, 0.25) is 23.8 Å². The summed E-state index contributed by atoms with van der Waals surface area (Å²) in [5.41, 5.74) is -1.24. The minimum absolute atomic E-state index is 0.118. The van der Waals surface area contributed by atoms with Crippen molar-refractivity contribution in [3.05, 3.63) is 46.6 Å². The van der Waals surface area contributed by atoms with Gasteiger partial charge in [0.05, 0.1) is 19.3 Å². The van der Waals surface area contributed by atoms with Crippen molar-refractivity contribution in [2.24, 2.45) is 0 Å². The molecular weight excluding hydrogens is 716 g/mol. The second-order valence-corrected chi connectivity index (χ2v) is 12.9. The molecule has 3 aliphatic rings. The molecule has 0 radical (unpaired) electrons. The van der Waals surface area contributed by atoms with Gasteiger partial charge in [0.15, 0.2) is 18.2 Å². The van der Waals surface area contributed by atoms with Crippen LogP contribution in [0.15, 0.2) is 45.6 Å². The minimum Gasteiger partial charge on any atom is -0.508 e. The van der Waals surface area contributed by atoms with Gasteiger partial charge in [0.1, 0.15) is 89.3 Å². The number of aliphatic hydroxyl groups is 10. The predicted octanol–water partition coefficient (Wildman–Crippen LogP) is -3.92. The van der Waals surface area contributed by atoms with Crippen LogP contribution in [-0.2, 0) is 18.9 Å². The van der Waals surface area contributed by atoms with E-state index in [1.54, 1.807) is 0 Å². The van der Waals surface area contributed by atoms with Gasteiger partial charge in [0, 0.05) is 17.7 Å². The molecule has 20 heteroatoms. The number of fused-ring (bicyclic) bond motifs is 1. The van der Waals surface area contributed by atoms with E-state index in [1.807, 2.05) is 0 Å². The first kappa shape index (κ1) is 39.0. The van der Waals surface area contributed by atoms with Crippen LogP contribution in [0.2, 0.25) is 0 Å². The van der Waals surface area contributed by atoms with Crippen LogP contribution in [0, 0.1) is 0 Å². The van der Waals surface area contributed by atoms with Crippen molar-refractivity contribution in [2.75, 3.05) is 13.2 Å². The summed E-state index contributed by atoms with van der Waals surface area (Å²) < 4.78 is 39.9. The molecule has 0 amide bonds. The van der Waals surface area contributed by atoms with Crippen LogP contribution in [0.5, 0.6) is 23.0 Å². The van der Waals surface area contributed by atoms with E-state index in [-0.39, 0.29) is 28.4 Å². The fourth-order valence-corrected chi connectivity index (χ4v) is 6.23. The summed E-state index contributed by atoms with van der Waals surface area (Å²) in [7, 11) is 0. The molecule has 0 aliphatic carbocycles. The van der Waals surface area contributed by atoms with E-state index in [9.17, 15) is 66.1 Å². The van der Waals surface area contributed by atoms with E-state index in [0.717, 1.165) is 12.1 Å². The van der Waals surface area contributed by atoms with Gasteiger partial charge in [-0.1, -0.05) is 0 Å². The maximum atomic E-state index is 14.2. The number of hydrogen-bond acceptors (Lipinski definition) is 20. The van der Waals surface area contributed by atoms with E-state index in [1.165, 1.54) is 31.2 Å². The Hall–Kier alpha value is -3.71. The number of hydrogen-bond donors (Lipinski definition) is 12. The van der Waals surface area contributed by atoms with Crippen molar-refractivity contribution in [2.45, 2.75) is 99.0 Å². The molecule has 6 rings (SSSR count). The molecule has 0 spiro atoms. The van der Waals surface area contributed by atoms with Gasteiger partial charge in [-0.15, -0.1) is 0 Å². The number of rotatable bonds is 9. The highest BCUT2D eigenvalue weighted by molar-refractivity contribution is 5.88. The zero-order chi connectivity index (χ0) is 38.5. The molecule has 0 saturated carbocycles. The Labute approximate surface area is 298 Å². The SMILES string of the molecule is C[C@@H]1O[C@@H](Oc2c(-c3ccc(O)cc3)oc3cc(O[C@@H]4O[C@@H](CO)[C@@H](O)[C@H](O)[C@H]4O)cc(O)c3c2=O)[C@@H](O[C@@H]2O[C@H](CO)[C@@H](O)[C@H](O)[C@@H]2O)[C@H](O)[C@H]1O. The third-order valence-electron chi connectivity index (χ3n) is 9.29. The van der Waals surface area contributed by atoms with E-state index in [4.69, 9.17) is 32.8 Å². The standard InChI is InChI=1S/C33H40O20/c1-10-19(38)25(44)30(53-32-27(46)24(43)21(40)17(9-35)51-32)33(47-10)52-29-22(41)18-14(37)6-13(48-31-26(45)23(42)20(39)16(8-34)50-31)7-15(18)49-28(29)11-2-4-12(36)5-3-11/h2-7,10,16-17,19-21,23-27,30-40,42-46H,8-9H2,1H3/t10-,16-,17+,19-,20+,21+,23-,24-,25+,26+,27-,30-,31+,32-,33-/m0/s1. The first-order valence-electron chi connectivity index (χ1n) is 16.4. The summed E-state index contributed by atoms with van der Waals surface area (Å²) in [4.78, 5) is 14.2. The molecule has 1 aromatic heterocycles. The van der Waals surface area contributed by atoms with Gasteiger partial charge in [0.25, 0.3) is 0 Å². The van der Waals surface area contributed by atoms with Crippen molar-refractivity contribution in [1.82, 2.24) is 0 Å². The number of benzene rings is 2. The molecule has 4 heterocycles. The van der Waals surface area contributed by atoms with Crippen LogP contribution >= 0.6 is 0 Å². The highest BCUT2D eigenvalue weighted by Gasteiger charge is 2.51. The summed E-state index contributed by atoms with van der Waals surface area (Å²) in [6.07, 6.45) is -25.3. The van der Waals surface area contributed by atoms with Crippen molar-refractivity contribution < 1.29 is 94.1 Å². The molecule has 292 valence electrons. The minimum atomic E-state index is -1.94. The lowest BCUT2D eigenvalue weighted by Crippen LogP contribution is -2.64. The fraction of sp³-hybridized carbons (Fsp3) is 0.545. The normalized spacial score (nSPS) is 37.8. The van der Waals surface area contributed by atoms with Crippen LogP contribution in [0.25, 0.3) is 22.3 Å². The second-order valence-electron chi connectivity index (χ2n) is 12.9. The summed E-state index contributed by atoms with van der Waals surface area (Å²) in [5, 5.41) is 123. The van der Waals surface area contributed by atoms with E-state index >= 15 is 0 Å². The Balaban J connectivity index is 1.40. The molecule has 20 nitrogen and oxygen atoms in total. The van der Waals surface area contributed by atoms with Gasteiger partial charge in [-0.3, -0.25) is 4.79 Å². The van der Waals surface area contributed by atoms with E-state index in [2.05, 4.69) is 0 Å². The largest absolute Gasteiger partial charge is 0.508 e. The average Bonchev–Trinajstić information content (AvgIpc) is 3.13. The lowest BCUT2D eigenvalue weighted by atomic mass is 9.97. The molecule has 2 aromatic carbocycles. The monoisotopic (exact) mass is 756 g/mol. The lowest BCUT2D eigenvalue weighted by molar-refractivity contribution is -0.355. The smallest absolute Gasteiger partial charge is 0.239 e. The van der Waals surface area contributed by atoms with E-state index in [0.29, 0.717) is 0 Å². The van der Waals surface area contributed by atoms with Crippen molar-refractivity contribution >= 4 is 11.0 Å². The van der Waals surface area contributed by atoms with Crippen molar-refractivity contribution in [3.63, 3.8) is 0 Å². The summed E-state index contributed by atoms with van der Waals surface area (Å²) in [5.74, 6) is -2.16. The summed E-state index contributed by atoms with van der Waals surface area (Å²) in [6.45, 7) is -0.183. The molecule has 3 fully saturated rings. The van der Waals surface area contributed by atoms with Crippen LogP contribution in [0.3, 0.4) is 0 Å². The maximum absolute atomic E-state index is 14.2. The van der Waals surface area contributed by atoms with Crippen molar-refractivity contribution in [3.8, 4) is 34.3 Å². The lowest BCUT2D eigenvalue weighted by Gasteiger charge is -2.45. The molecule has 12 N–H and O–H groups in total. The quantitative estimate of drug-likeness (QED) is 0.0992. The third kappa shape index (κ3) is 7.39. The van der Waals surface area contributed by atoms with E-state index < -0.39 is 128 Å². The summed E-state index contributed by atoms with van der Waals surface area (Å²) in [6, 6.07) is 7.25. The molecule has 0 unspecified atom stereocenters. The molecule has 3 aliphatic heterocycles. The number of aliphatic hydroxyl groups excluding tert-OH is 10. The maximum Gasteiger partial charge on any atom is 0.239 e. The van der Waals surface area contributed by atoms with Crippen LogP contribution < -0.4 is 14.9 Å². The Morgan fingerprint density at radius 1 is 0.660 bits per heavy atom. The van der Waals surface area contributed by atoms with Gasteiger partial charge in [-0.2, -0.15) is 0 Å². The Bertz CT molecular complexity index is 1780.